The predicted molar refractivity (Wildman–Crippen MR) is 334 cm³/mol. The van der Waals surface area contributed by atoms with Gasteiger partial charge in [-0.2, -0.15) is 0 Å². The van der Waals surface area contributed by atoms with Crippen LogP contribution < -0.4 is 16.0 Å². The minimum atomic E-state index is -0.607. The van der Waals surface area contributed by atoms with Gasteiger partial charge in [-0.3, -0.25) is 28.8 Å². The van der Waals surface area contributed by atoms with Crippen LogP contribution in [-0.4, -0.2) is 100.0 Å². The first-order chi connectivity index (χ1) is 39.9. The third-order valence-corrected chi connectivity index (χ3v) is 21.3. The normalized spacial score (nSPS) is 31.0. The van der Waals surface area contributed by atoms with Crippen LogP contribution in [0.15, 0.2) is 110 Å². The average Bonchev–Trinajstić information content (AvgIpc) is 4.49. The van der Waals surface area contributed by atoms with Crippen LogP contribution in [0.1, 0.15) is 163 Å². The lowest BCUT2D eigenvalue weighted by Crippen LogP contribution is -2.63. The van der Waals surface area contributed by atoms with Crippen LogP contribution in [0.5, 0.6) is 0 Å². The molecule has 3 saturated heterocycles. The van der Waals surface area contributed by atoms with E-state index in [4.69, 9.17) is 0 Å². The lowest BCUT2D eigenvalue weighted by Gasteiger charge is -2.42. The number of carbonyl (C=O) groups excluding carboxylic acids is 6. The Balaban J connectivity index is 0.737. The van der Waals surface area contributed by atoms with E-state index in [1.54, 1.807) is 0 Å². The fourth-order valence-corrected chi connectivity index (χ4v) is 15.9. The van der Waals surface area contributed by atoms with Crippen molar-refractivity contribution in [3.63, 3.8) is 0 Å². The van der Waals surface area contributed by atoms with Crippen LogP contribution in [0.2, 0.25) is 0 Å². The second-order valence-electron chi connectivity index (χ2n) is 26.6. The van der Waals surface area contributed by atoms with Crippen LogP contribution >= 0.6 is 47.8 Å². The average molecular weight is 1320 g/mol. The molecule has 16 atom stereocenters. The lowest BCUT2D eigenvalue weighted by atomic mass is 9.86. The monoisotopic (exact) mass is 1320 g/mol. The molecule has 83 heavy (non-hydrogen) atoms. The smallest absolute Gasteiger partial charge is 0.243 e. The SMILES string of the molecule is CCC[C@H]1CN(C(=O)[C@@H]2C[C@H]2c2ccc(Br)cc2)[C@@H](CC(C)CC2CCC([C@H]3CN(C(=O)[C@@H]4C[C@H]4c4ccc(Br)cc4)[C@@H](CC(C)Cc4cccc([C@H]5CN(C(=O)[C@@H]6C[C@H]6c6ccc(Br)cc6)[C@@H](CC(C)C)C(=O)N5)c4)C(=O)N3)C2)C(=O)N1. The van der Waals surface area contributed by atoms with Crippen LogP contribution in [0.25, 0.3) is 0 Å². The molecule has 3 N–H and O–H groups in total. The minimum absolute atomic E-state index is 0.0316. The summed E-state index contributed by atoms with van der Waals surface area (Å²) in [7, 11) is 0. The molecule has 12 nitrogen and oxygen atoms in total. The first-order valence-electron chi connectivity index (χ1n) is 31.1. The van der Waals surface area contributed by atoms with Gasteiger partial charge in [-0.25, -0.2) is 0 Å². The van der Waals surface area contributed by atoms with E-state index >= 15 is 0 Å². The van der Waals surface area contributed by atoms with Gasteiger partial charge in [-0.05, 0) is 182 Å². The third-order valence-electron chi connectivity index (χ3n) is 19.7. The van der Waals surface area contributed by atoms with Crippen molar-refractivity contribution in [3.8, 4) is 0 Å². The Morgan fingerprint density at radius 1 is 0.530 bits per heavy atom. The van der Waals surface area contributed by atoms with Gasteiger partial charge in [-0.15, -0.1) is 0 Å². The molecular weight excluding hydrogens is 1240 g/mol. The van der Waals surface area contributed by atoms with E-state index in [-0.39, 0.29) is 113 Å². The number of carbonyl (C=O) groups is 6. The van der Waals surface area contributed by atoms with Crippen molar-refractivity contribution in [1.29, 1.82) is 0 Å². The highest BCUT2D eigenvalue weighted by Crippen LogP contribution is 2.52. The zero-order valence-electron chi connectivity index (χ0n) is 48.8. The summed E-state index contributed by atoms with van der Waals surface area (Å²) in [6, 6.07) is 30.9. The van der Waals surface area contributed by atoms with E-state index in [0.29, 0.717) is 51.2 Å². The Morgan fingerprint density at radius 2 is 1.01 bits per heavy atom. The molecule has 3 heterocycles. The first kappa shape index (κ1) is 59.9. The zero-order chi connectivity index (χ0) is 58.4. The van der Waals surface area contributed by atoms with Gasteiger partial charge in [0, 0.05) is 62.9 Å². The van der Waals surface area contributed by atoms with Gasteiger partial charge in [0.05, 0.1) is 6.04 Å². The molecule has 6 amide bonds. The molecular formula is C68H83Br3N6O6. The Hall–Kier alpha value is -4.86. The fourth-order valence-electron chi connectivity index (χ4n) is 15.1. The van der Waals surface area contributed by atoms with E-state index < -0.39 is 18.1 Å². The van der Waals surface area contributed by atoms with E-state index in [1.807, 2.05) is 63.2 Å². The van der Waals surface area contributed by atoms with Crippen molar-refractivity contribution < 1.29 is 28.8 Å². The lowest BCUT2D eigenvalue weighted by molar-refractivity contribution is -0.147. The maximum atomic E-state index is 14.9. The topological polar surface area (TPSA) is 148 Å². The number of benzene rings is 4. The maximum Gasteiger partial charge on any atom is 0.243 e. The van der Waals surface area contributed by atoms with Gasteiger partial charge >= 0.3 is 0 Å². The number of halogens is 3. The van der Waals surface area contributed by atoms with Crippen molar-refractivity contribution in [1.82, 2.24) is 30.7 Å². The van der Waals surface area contributed by atoms with Crippen molar-refractivity contribution in [2.45, 2.75) is 172 Å². The number of nitrogens with zero attached hydrogens (tertiary/aromatic N) is 3. The summed E-state index contributed by atoms with van der Waals surface area (Å²) >= 11 is 10.6. The summed E-state index contributed by atoms with van der Waals surface area (Å²) in [6.45, 7) is 12.1. The summed E-state index contributed by atoms with van der Waals surface area (Å²) in [4.78, 5) is 92.0. The second kappa shape index (κ2) is 25.6. The number of nitrogens with one attached hydrogen (secondary N) is 3. The van der Waals surface area contributed by atoms with Crippen LogP contribution in [0.3, 0.4) is 0 Å². The maximum absolute atomic E-state index is 14.9. The van der Waals surface area contributed by atoms with Gasteiger partial charge in [0.25, 0.3) is 0 Å². The standard InChI is InChI=1S/C68H83Br3N6O6/c1-6-8-51-35-75(66(81)55-32-52(55)43-13-19-48(69)20-14-43)61(63(78)72-51)28-40(5)27-42-11-12-47(31-42)59-37-77(68(83)57-34-54(57)45-17-23-50(71)24-18-45)62(65(80)74-59)29-39(4)26-41-9-7-10-46(30-41)58-36-76(60(25-38(2)3)64(79)73-58)67(82)56-33-53(56)44-15-21-49(70)22-16-44/h7,9-10,13-24,30,38-40,42,47,51-62H,6,8,11-12,25-29,31-37H2,1-5H3,(H,72,78)(H,73,79)(H,74,80)/t39?,40?,42?,47?,51-,52-,53-,54-,55+,56+,57+,58+,59+,60-,61-,62-/m0/s1. The highest BCUT2D eigenvalue weighted by atomic mass is 79.9. The van der Waals surface area contributed by atoms with Crippen LogP contribution in [0.4, 0.5) is 0 Å². The summed E-state index contributed by atoms with van der Waals surface area (Å²) in [5, 5.41) is 10.1. The Morgan fingerprint density at radius 3 is 1.54 bits per heavy atom. The highest BCUT2D eigenvalue weighted by molar-refractivity contribution is 9.11. The van der Waals surface area contributed by atoms with Crippen LogP contribution in [0, 0.1) is 47.3 Å². The van der Waals surface area contributed by atoms with Crippen molar-refractivity contribution in [2.75, 3.05) is 19.6 Å². The molecule has 442 valence electrons. The van der Waals surface area contributed by atoms with Gasteiger partial charge < -0.3 is 30.7 Å². The number of hydrogen-bond acceptors (Lipinski definition) is 6. The van der Waals surface area contributed by atoms with Gasteiger partial charge in [0.2, 0.25) is 35.4 Å². The molecule has 15 heteroatoms. The molecule has 7 aliphatic rings. The molecule has 11 rings (SSSR count). The number of piperazine rings is 3. The molecule has 4 aliphatic carbocycles. The summed E-state index contributed by atoms with van der Waals surface area (Å²) < 4.78 is 3.02. The molecule has 4 aromatic carbocycles. The van der Waals surface area contributed by atoms with E-state index in [9.17, 15) is 28.8 Å². The summed E-state index contributed by atoms with van der Waals surface area (Å²) in [5.74, 6) is 1.16. The Labute approximate surface area is 516 Å². The van der Waals surface area contributed by atoms with Gasteiger partial charge in [0.1, 0.15) is 18.1 Å². The molecule has 4 saturated carbocycles. The zero-order valence-corrected chi connectivity index (χ0v) is 53.5. The van der Waals surface area contributed by atoms with E-state index in [2.05, 4.69) is 147 Å². The second-order valence-corrected chi connectivity index (χ2v) is 29.4. The van der Waals surface area contributed by atoms with Crippen molar-refractivity contribution in [2.24, 2.45) is 47.3 Å². The summed E-state index contributed by atoms with van der Waals surface area (Å²) in [6.07, 6.45) is 10.4. The molecule has 0 radical (unpaired) electrons. The third kappa shape index (κ3) is 13.9. The molecule has 7 fully saturated rings. The molecule has 0 spiro atoms. The Kier molecular flexibility index (Phi) is 18.5. The van der Waals surface area contributed by atoms with E-state index in [0.717, 1.165) is 93.5 Å². The van der Waals surface area contributed by atoms with Crippen molar-refractivity contribution >= 4 is 83.2 Å². The molecule has 3 aliphatic heterocycles. The van der Waals surface area contributed by atoms with Gasteiger partial charge in [-0.1, -0.05) is 156 Å². The fraction of sp³-hybridized carbons (Fsp3) is 0.559. The number of hydrogen-bond donors (Lipinski definition) is 3. The Bertz CT molecular complexity index is 3030. The molecule has 0 bridgehead atoms. The predicted octanol–water partition coefficient (Wildman–Crippen LogP) is 12.4. The van der Waals surface area contributed by atoms with Crippen LogP contribution in [-0.2, 0) is 35.2 Å². The quantitative estimate of drug-likeness (QED) is 0.0802. The molecule has 0 aromatic heterocycles. The number of amides is 6. The highest BCUT2D eigenvalue weighted by Gasteiger charge is 2.53. The first-order valence-corrected chi connectivity index (χ1v) is 33.4. The number of rotatable bonds is 20. The van der Waals surface area contributed by atoms with E-state index in [1.165, 1.54) is 5.56 Å². The van der Waals surface area contributed by atoms with Crippen molar-refractivity contribution in [3.05, 3.63) is 138 Å². The largest absolute Gasteiger partial charge is 0.350 e. The van der Waals surface area contributed by atoms with Gasteiger partial charge in [0.15, 0.2) is 0 Å². The molecule has 4 unspecified atom stereocenters. The minimum Gasteiger partial charge on any atom is -0.350 e. The summed E-state index contributed by atoms with van der Waals surface area (Å²) in [5.41, 5.74) is 5.50. The molecule has 4 aromatic rings.